The van der Waals surface area contributed by atoms with E-state index in [2.05, 4.69) is 10.3 Å². The van der Waals surface area contributed by atoms with Crippen LogP contribution in [0.3, 0.4) is 0 Å². The molecule has 0 spiro atoms. The summed E-state index contributed by atoms with van der Waals surface area (Å²) >= 11 is 1.53. The zero-order valence-corrected chi connectivity index (χ0v) is 16.7. The average molecular weight is 418 g/mol. The van der Waals surface area contributed by atoms with Gasteiger partial charge in [0, 0.05) is 17.3 Å². The maximum atomic E-state index is 12.4. The van der Waals surface area contributed by atoms with Crippen molar-refractivity contribution < 1.29 is 22.9 Å². The fourth-order valence-corrected chi connectivity index (χ4v) is 4.44. The highest BCUT2D eigenvalue weighted by Gasteiger charge is 2.17. The minimum atomic E-state index is -1.38. The zero-order valence-electron chi connectivity index (χ0n) is 15.1. The van der Waals surface area contributed by atoms with E-state index in [1.54, 1.807) is 13.0 Å². The molecule has 1 amide bonds. The number of rotatable bonds is 7. The summed E-state index contributed by atoms with van der Waals surface area (Å²) in [5, 5.41) is 4.72. The predicted molar refractivity (Wildman–Crippen MR) is 106 cm³/mol. The van der Waals surface area contributed by atoms with Crippen LogP contribution in [0.25, 0.3) is 10.8 Å². The van der Waals surface area contributed by atoms with E-state index in [-0.39, 0.29) is 24.2 Å². The molecule has 3 heterocycles. The van der Waals surface area contributed by atoms with Crippen LogP contribution in [-0.4, -0.2) is 27.6 Å². The van der Waals surface area contributed by atoms with E-state index in [0.29, 0.717) is 35.4 Å². The molecule has 146 valence electrons. The third-order valence-corrected chi connectivity index (χ3v) is 6.18. The molecule has 1 aliphatic heterocycles. The van der Waals surface area contributed by atoms with Crippen LogP contribution in [0, 0.1) is 6.92 Å². The highest BCUT2D eigenvalue weighted by molar-refractivity contribution is 7.84. The fraction of sp³-hybridized carbons (Fsp3) is 0.263. The minimum Gasteiger partial charge on any atom is -0.454 e. The number of amides is 1. The van der Waals surface area contributed by atoms with Crippen LogP contribution < -0.4 is 14.8 Å². The van der Waals surface area contributed by atoms with Crippen molar-refractivity contribution in [3.05, 3.63) is 52.7 Å². The lowest BCUT2D eigenvalue weighted by Gasteiger charge is -2.06. The van der Waals surface area contributed by atoms with E-state index in [9.17, 15) is 9.00 Å². The number of hydrogen-bond donors (Lipinski definition) is 1. The third kappa shape index (κ3) is 4.26. The highest BCUT2D eigenvalue weighted by Crippen LogP contribution is 2.32. The van der Waals surface area contributed by atoms with Crippen molar-refractivity contribution >= 4 is 28.0 Å². The second kappa shape index (κ2) is 8.15. The first-order chi connectivity index (χ1) is 13.6. The topological polar surface area (TPSA) is 90.7 Å². The first-order valence-electron chi connectivity index (χ1n) is 8.59. The molecule has 28 heavy (non-hydrogen) atoms. The van der Waals surface area contributed by atoms with E-state index in [1.807, 2.05) is 29.6 Å². The number of hydrogen-bond acceptors (Lipinski definition) is 7. The van der Waals surface area contributed by atoms with Crippen molar-refractivity contribution in [2.45, 2.75) is 19.2 Å². The number of nitrogens with one attached hydrogen (secondary N) is 1. The molecular formula is C19H18N2O5S2. The Morgan fingerprint density at radius 3 is 2.96 bits per heavy atom. The Balaban J connectivity index is 1.29. The van der Waals surface area contributed by atoms with Crippen LogP contribution in [0.5, 0.6) is 11.5 Å². The van der Waals surface area contributed by atoms with Crippen molar-refractivity contribution in [3.63, 3.8) is 0 Å². The second-order valence-corrected chi connectivity index (χ2v) is 8.60. The van der Waals surface area contributed by atoms with Crippen LogP contribution >= 0.6 is 11.3 Å². The van der Waals surface area contributed by atoms with Crippen LogP contribution in [0.4, 0.5) is 0 Å². The number of benzene rings is 1. The van der Waals surface area contributed by atoms with Gasteiger partial charge in [-0.15, -0.1) is 11.3 Å². The first kappa shape index (κ1) is 18.7. The predicted octanol–water partition coefficient (Wildman–Crippen LogP) is 3.01. The summed E-state index contributed by atoms with van der Waals surface area (Å²) in [6.45, 7) is 2.33. The molecule has 0 saturated heterocycles. The SMILES string of the molecule is Cc1oc(-c2cccs2)nc1C[S@@](=O)CC(=O)NCc1ccc2c(c1)OCO2. The van der Waals surface area contributed by atoms with E-state index in [0.717, 1.165) is 10.4 Å². The van der Waals surface area contributed by atoms with E-state index in [1.165, 1.54) is 11.3 Å². The molecule has 2 aromatic heterocycles. The number of oxazole rings is 1. The first-order valence-corrected chi connectivity index (χ1v) is 11.0. The standard InChI is InChI=1S/C19H18N2O5S2/c1-12-14(21-19(26-12)17-3-2-6-27-17)9-28(23)10-18(22)20-8-13-4-5-15-16(7-13)25-11-24-15/h2-7H,8-11H2,1H3,(H,20,22)/t28-/m1/s1. The number of nitrogens with zero attached hydrogens (tertiary/aromatic N) is 1. The quantitative estimate of drug-likeness (QED) is 0.634. The normalized spacial score (nSPS) is 13.5. The molecule has 1 atom stereocenters. The molecule has 1 aromatic carbocycles. The summed E-state index contributed by atoms with van der Waals surface area (Å²) in [6.07, 6.45) is 0. The summed E-state index contributed by atoms with van der Waals surface area (Å²) in [4.78, 5) is 17.5. The third-order valence-electron chi connectivity index (χ3n) is 4.14. The number of carbonyl (C=O) groups is 1. The largest absolute Gasteiger partial charge is 0.454 e. The van der Waals surface area contributed by atoms with Crippen molar-refractivity contribution in [2.75, 3.05) is 12.5 Å². The summed E-state index contributed by atoms with van der Waals surface area (Å²) in [7, 11) is -1.38. The lowest BCUT2D eigenvalue weighted by Crippen LogP contribution is -2.28. The molecule has 1 aliphatic rings. The van der Waals surface area contributed by atoms with Crippen LogP contribution in [0.2, 0.25) is 0 Å². The van der Waals surface area contributed by atoms with Crippen LogP contribution in [0.15, 0.2) is 40.1 Å². The molecular weight excluding hydrogens is 400 g/mol. The van der Waals surface area contributed by atoms with Gasteiger partial charge >= 0.3 is 0 Å². The average Bonchev–Trinajstić information content (AvgIpc) is 3.41. The molecule has 7 nitrogen and oxygen atoms in total. The Morgan fingerprint density at radius 1 is 1.29 bits per heavy atom. The summed E-state index contributed by atoms with van der Waals surface area (Å²) in [5.74, 6) is 2.31. The number of aromatic nitrogens is 1. The summed E-state index contributed by atoms with van der Waals surface area (Å²) < 4.78 is 28.6. The van der Waals surface area contributed by atoms with Gasteiger partial charge in [-0.05, 0) is 36.1 Å². The summed E-state index contributed by atoms with van der Waals surface area (Å²) in [5.41, 5.74) is 1.50. The maximum absolute atomic E-state index is 12.4. The van der Waals surface area contributed by atoms with E-state index >= 15 is 0 Å². The molecule has 0 unspecified atom stereocenters. The Labute approximate surface area is 168 Å². The molecule has 0 bridgehead atoms. The lowest BCUT2D eigenvalue weighted by molar-refractivity contribution is -0.118. The second-order valence-electron chi connectivity index (χ2n) is 6.19. The number of carbonyl (C=O) groups excluding carboxylic acids is 1. The maximum Gasteiger partial charge on any atom is 0.236 e. The van der Waals surface area contributed by atoms with Gasteiger partial charge in [-0.2, -0.15) is 0 Å². The van der Waals surface area contributed by atoms with E-state index in [4.69, 9.17) is 13.9 Å². The van der Waals surface area contributed by atoms with Gasteiger partial charge in [-0.3, -0.25) is 9.00 Å². The van der Waals surface area contributed by atoms with Crippen molar-refractivity contribution in [1.82, 2.24) is 10.3 Å². The molecule has 0 radical (unpaired) electrons. The minimum absolute atomic E-state index is 0.0921. The van der Waals surface area contributed by atoms with Gasteiger partial charge in [0.05, 0.1) is 16.3 Å². The Hall–Kier alpha value is -2.65. The van der Waals surface area contributed by atoms with Gasteiger partial charge in [-0.25, -0.2) is 4.98 Å². The van der Waals surface area contributed by atoms with Gasteiger partial charge in [0.1, 0.15) is 11.5 Å². The van der Waals surface area contributed by atoms with Crippen LogP contribution in [-0.2, 0) is 27.9 Å². The van der Waals surface area contributed by atoms with E-state index < -0.39 is 10.8 Å². The Kier molecular flexibility index (Phi) is 5.45. The molecule has 0 saturated carbocycles. The fourth-order valence-electron chi connectivity index (χ4n) is 2.72. The molecule has 9 heteroatoms. The number of thiophene rings is 1. The lowest BCUT2D eigenvalue weighted by atomic mass is 10.2. The zero-order chi connectivity index (χ0) is 19.5. The van der Waals surface area contributed by atoms with Crippen molar-refractivity contribution in [2.24, 2.45) is 0 Å². The van der Waals surface area contributed by atoms with Gasteiger partial charge in [0.25, 0.3) is 0 Å². The molecule has 0 aliphatic carbocycles. The number of fused-ring (bicyclic) bond motifs is 1. The van der Waals surface area contributed by atoms with Crippen molar-refractivity contribution in [1.29, 1.82) is 0 Å². The van der Waals surface area contributed by atoms with Crippen LogP contribution in [0.1, 0.15) is 17.0 Å². The smallest absolute Gasteiger partial charge is 0.236 e. The molecule has 1 N–H and O–H groups in total. The number of aryl methyl sites for hydroxylation is 1. The van der Waals surface area contributed by atoms with Gasteiger partial charge < -0.3 is 19.2 Å². The van der Waals surface area contributed by atoms with Gasteiger partial charge in [0.2, 0.25) is 18.6 Å². The Morgan fingerprint density at radius 2 is 2.14 bits per heavy atom. The van der Waals surface area contributed by atoms with Gasteiger partial charge in [0.15, 0.2) is 11.5 Å². The molecule has 0 fully saturated rings. The Bertz CT molecular complexity index is 1010. The molecule has 4 rings (SSSR count). The molecule has 3 aromatic rings. The monoisotopic (exact) mass is 418 g/mol. The summed E-state index contributed by atoms with van der Waals surface area (Å²) in [6, 6.07) is 9.32. The number of ether oxygens (including phenoxy) is 2. The van der Waals surface area contributed by atoms with Crippen molar-refractivity contribution in [3.8, 4) is 22.3 Å². The van der Waals surface area contributed by atoms with Gasteiger partial charge in [-0.1, -0.05) is 12.1 Å². The highest BCUT2D eigenvalue weighted by atomic mass is 32.2.